The zero-order valence-corrected chi connectivity index (χ0v) is 16.4. The molecule has 0 saturated heterocycles. The first-order chi connectivity index (χ1) is 14.2. The van der Waals surface area contributed by atoms with Crippen molar-refractivity contribution in [1.29, 1.82) is 0 Å². The van der Waals surface area contributed by atoms with Crippen molar-refractivity contribution in [2.45, 2.75) is 38.0 Å². The van der Waals surface area contributed by atoms with Gasteiger partial charge in [0.25, 0.3) is 0 Å². The Morgan fingerprint density at radius 1 is 1.21 bits per heavy atom. The van der Waals surface area contributed by atoms with Gasteiger partial charge in [0.2, 0.25) is 5.91 Å². The van der Waals surface area contributed by atoms with E-state index in [0.717, 1.165) is 34.6 Å². The van der Waals surface area contributed by atoms with Crippen LogP contribution in [0.2, 0.25) is 0 Å². The molecular formula is C23H25N5O. The molecular weight excluding hydrogens is 362 g/mol. The summed E-state index contributed by atoms with van der Waals surface area (Å²) in [6.45, 7) is 1.31. The Balaban J connectivity index is 1.40. The highest BCUT2D eigenvalue weighted by Crippen LogP contribution is 2.38. The van der Waals surface area contributed by atoms with Crippen molar-refractivity contribution in [3.8, 4) is 0 Å². The van der Waals surface area contributed by atoms with E-state index in [9.17, 15) is 4.79 Å². The number of nitrogens with two attached hydrogens (primary N) is 1. The number of amides is 1. The molecule has 1 aromatic carbocycles. The summed E-state index contributed by atoms with van der Waals surface area (Å²) in [6.07, 6.45) is 10.7. The average Bonchev–Trinajstić information content (AvgIpc) is 3.08. The van der Waals surface area contributed by atoms with E-state index in [-0.39, 0.29) is 5.91 Å². The summed E-state index contributed by atoms with van der Waals surface area (Å²) in [4.78, 5) is 23.9. The molecule has 6 nitrogen and oxygen atoms in total. The average molecular weight is 387 g/mol. The second-order valence-corrected chi connectivity index (χ2v) is 7.96. The van der Waals surface area contributed by atoms with Gasteiger partial charge < -0.3 is 10.6 Å². The van der Waals surface area contributed by atoms with Crippen molar-refractivity contribution in [2.75, 3.05) is 18.8 Å². The van der Waals surface area contributed by atoms with Gasteiger partial charge in [-0.15, -0.1) is 0 Å². The van der Waals surface area contributed by atoms with E-state index in [2.05, 4.69) is 15.5 Å². The third-order valence-corrected chi connectivity index (χ3v) is 6.14. The zero-order valence-electron chi connectivity index (χ0n) is 16.4. The van der Waals surface area contributed by atoms with E-state index < -0.39 is 0 Å². The van der Waals surface area contributed by atoms with Crippen molar-refractivity contribution in [3.05, 3.63) is 65.9 Å². The number of hydrogen-bond acceptors (Lipinski definition) is 4. The predicted octanol–water partition coefficient (Wildman–Crippen LogP) is 3.44. The van der Waals surface area contributed by atoms with E-state index >= 15 is 0 Å². The molecule has 1 amide bonds. The molecule has 0 spiro atoms. The number of imidazole rings is 1. The lowest BCUT2D eigenvalue weighted by Gasteiger charge is -2.26. The summed E-state index contributed by atoms with van der Waals surface area (Å²) >= 11 is 0. The first kappa shape index (κ1) is 17.9. The van der Waals surface area contributed by atoms with Gasteiger partial charge >= 0.3 is 0 Å². The van der Waals surface area contributed by atoms with Gasteiger partial charge in [0.1, 0.15) is 17.2 Å². The lowest BCUT2D eigenvalue weighted by molar-refractivity contribution is -0.130. The third kappa shape index (κ3) is 3.28. The Hall–Kier alpha value is -3.15. The number of carbonyl (C=O) groups is 1. The van der Waals surface area contributed by atoms with Crippen LogP contribution in [-0.4, -0.2) is 38.3 Å². The van der Waals surface area contributed by atoms with Gasteiger partial charge in [-0.3, -0.25) is 9.20 Å². The minimum absolute atomic E-state index is 0.164. The van der Waals surface area contributed by atoms with E-state index in [0.29, 0.717) is 31.2 Å². The molecule has 1 aliphatic carbocycles. The maximum Gasteiger partial charge on any atom is 0.227 e. The van der Waals surface area contributed by atoms with Crippen LogP contribution in [0.4, 0.5) is 5.82 Å². The van der Waals surface area contributed by atoms with Gasteiger partial charge in [0.05, 0.1) is 12.1 Å². The van der Waals surface area contributed by atoms with Crippen molar-refractivity contribution >= 4 is 22.8 Å². The first-order valence-corrected chi connectivity index (χ1v) is 10.3. The molecule has 0 radical (unpaired) electrons. The molecule has 6 heteroatoms. The molecule has 3 heterocycles. The van der Waals surface area contributed by atoms with Crippen LogP contribution in [0.15, 0.2) is 48.8 Å². The monoisotopic (exact) mass is 387 g/mol. The highest BCUT2D eigenvalue weighted by molar-refractivity contribution is 5.85. The van der Waals surface area contributed by atoms with Crippen molar-refractivity contribution in [3.63, 3.8) is 0 Å². The summed E-state index contributed by atoms with van der Waals surface area (Å²) < 4.78 is 2.12. The number of benzene rings is 1. The Bertz CT molecular complexity index is 1080. The second kappa shape index (κ2) is 7.35. The molecule has 3 aromatic rings. The molecule has 5 rings (SSSR count). The fraction of sp³-hybridized carbons (Fsp3) is 0.348. The number of fused-ring (bicyclic) bond motifs is 1. The van der Waals surface area contributed by atoms with Gasteiger partial charge in [0.15, 0.2) is 0 Å². The Labute approximate surface area is 170 Å². The Kier molecular flexibility index (Phi) is 4.54. The van der Waals surface area contributed by atoms with Crippen LogP contribution in [0.3, 0.4) is 0 Å². The molecule has 1 saturated carbocycles. The van der Waals surface area contributed by atoms with Crippen molar-refractivity contribution in [2.24, 2.45) is 0 Å². The SMILES string of the molecule is Nc1nccn2c(C3CCC3)nc(C3=CCN(C(=O)Cc4ccccc4)CC3)c12. The van der Waals surface area contributed by atoms with Crippen LogP contribution in [0, 0.1) is 0 Å². The summed E-state index contributed by atoms with van der Waals surface area (Å²) in [6, 6.07) is 9.91. The fourth-order valence-electron chi connectivity index (χ4n) is 4.26. The van der Waals surface area contributed by atoms with E-state index in [1.165, 1.54) is 19.3 Å². The van der Waals surface area contributed by atoms with E-state index in [1.54, 1.807) is 6.20 Å². The van der Waals surface area contributed by atoms with Crippen molar-refractivity contribution < 1.29 is 4.79 Å². The Morgan fingerprint density at radius 3 is 2.72 bits per heavy atom. The Morgan fingerprint density at radius 2 is 2.03 bits per heavy atom. The molecule has 29 heavy (non-hydrogen) atoms. The highest BCUT2D eigenvalue weighted by atomic mass is 16.2. The van der Waals surface area contributed by atoms with Gasteiger partial charge in [-0.05, 0) is 30.4 Å². The van der Waals surface area contributed by atoms with Crippen LogP contribution < -0.4 is 5.73 Å². The molecule has 2 aliphatic rings. The summed E-state index contributed by atoms with van der Waals surface area (Å²) in [5.74, 6) is 2.28. The number of aromatic nitrogens is 3. The second-order valence-electron chi connectivity index (χ2n) is 7.96. The third-order valence-electron chi connectivity index (χ3n) is 6.14. The minimum Gasteiger partial charge on any atom is -0.382 e. The fourth-order valence-corrected chi connectivity index (χ4v) is 4.26. The number of hydrogen-bond donors (Lipinski definition) is 1. The zero-order chi connectivity index (χ0) is 19.8. The summed E-state index contributed by atoms with van der Waals surface area (Å²) in [7, 11) is 0. The first-order valence-electron chi connectivity index (χ1n) is 10.3. The lowest BCUT2D eigenvalue weighted by Crippen LogP contribution is -2.35. The van der Waals surface area contributed by atoms with Gasteiger partial charge in [-0.2, -0.15) is 0 Å². The normalized spacial score (nSPS) is 17.2. The molecule has 1 fully saturated rings. The molecule has 0 bridgehead atoms. The molecule has 148 valence electrons. The maximum absolute atomic E-state index is 12.7. The number of carbonyl (C=O) groups excluding carboxylic acids is 1. The topological polar surface area (TPSA) is 76.5 Å². The van der Waals surface area contributed by atoms with E-state index in [1.807, 2.05) is 41.4 Å². The van der Waals surface area contributed by atoms with Gasteiger partial charge in [-0.1, -0.05) is 42.8 Å². The summed E-state index contributed by atoms with van der Waals surface area (Å²) in [5, 5.41) is 0. The quantitative estimate of drug-likeness (QED) is 0.744. The lowest BCUT2D eigenvalue weighted by atomic mass is 9.85. The number of nitrogen functional groups attached to an aromatic ring is 1. The highest BCUT2D eigenvalue weighted by Gasteiger charge is 2.28. The van der Waals surface area contributed by atoms with E-state index in [4.69, 9.17) is 10.7 Å². The molecule has 0 atom stereocenters. The van der Waals surface area contributed by atoms with Crippen LogP contribution in [0.25, 0.3) is 11.1 Å². The van der Waals surface area contributed by atoms with Crippen LogP contribution in [-0.2, 0) is 11.2 Å². The largest absolute Gasteiger partial charge is 0.382 e. The molecule has 0 unspecified atom stereocenters. The van der Waals surface area contributed by atoms with Crippen LogP contribution in [0.5, 0.6) is 0 Å². The molecule has 2 N–H and O–H groups in total. The standard InChI is InChI=1S/C23H25N5O/c24-22-21-20(26-23(18-7-4-8-18)28(21)14-11-25-22)17-9-12-27(13-10-17)19(29)15-16-5-2-1-3-6-16/h1-3,5-6,9,11,14,18H,4,7-8,10,12-13,15H2,(H2,24,25). The number of nitrogens with zero attached hydrogens (tertiary/aromatic N) is 4. The minimum atomic E-state index is 0.164. The smallest absolute Gasteiger partial charge is 0.227 e. The van der Waals surface area contributed by atoms with Crippen LogP contribution in [0.1, 0.15) is 48.7 Å². The van der Waals surface area contributed by atoms with Crippen molar-refractivity contribution in [1.82, 2.24) is 19.3 Å². The maximum atomic E-state index is 12.7. The van der Waals surface area contributed by atoms with Crippen LogP contribution >= 0.6 is 0 Å². The number of anilines is 1. The summed E-state index contributed by atoms with van der Waals surface area (Å²) in [5.41, 5.74) is 10.3. The van der Waals surface area contributed by atoms with Gasteiger partial charge in [-0.25, -0.2) is 9.97 Å². The predicted molar refractivity (Wildman–Crippen MR) is 113 cm³/mol. The molecule has 2 aromatic heterocycles. The number of rotatable bonds is 4. The molecule has 1 aliphatic heterocycles. The van der Waals surface area contributed by atoms with Gasteiger partial charge in [0, 0.05) is 31.4 Å².